The topological polar surface area (TPSA) is 46.3 Å². The number of halogens is 2. The summed E-state index contributed by atoms with van der Waals surface area (Å²) in [4.78, 5) is 13.7. The minimum Gasteiger partial charge on any atom is -0.320 e. The molecule has 2 aromatic rings. The van der Waals surface area contributed by atoms with Gasteiger partial charge in [0.2, 0.25) is 0 Å². The van der Waals surface area contributed by atoms with E-state index in [1.807, 2.05) is 36.4 Å². The predicted octanol–water partition coefficient (Wildman–Crippen LogP) is 4.44. The summed E-state index contributed by atoms with van der Waals surface area (Å²) < 4.78 is 0. The molecule has 2 unspecified atom stereocenters. The maximum Gasteiger partial charge on any atom is 0.138 e. The highest BCUT2D eigenvalue weighted by molar-refractivity contribution is 6.30. The summed E-state index contributed by atoms with van der Waals surface area (Å²) >= 11 is 12.1. The number of rotatable bonds is 5. The molecule has 1 aliphatic rings. The summed E-state index contributed by atoms with van der Waals surface area (Å²) in [5.41, 5.74) is 8.44. The molecule has 2 N–H and O–H groups in total. The zero-order chi connectivity index (χ0) is 17.8. The second-order valence-corrected chi connectivity index (χ2v) is 7.45. The van der Waals surface area contributed by atoms with Gasteiger partial charge in [0.15, 0.2) is 0 Å². The number of likely N-dealkylation sites (tertiary alicyclic amines) is 1. The third kappa shape index (κ3) is 4.42. The number of carbonyl (C=O) groups is 1. The van der Waals surface area contributed by atoms with Gasteiger partial charge >= 0.3 is 0 Å². The SMILES string of the molecule is NC(C=O)C(c1ccc(Cl)cc1)N1CCC(c2cccc(Cl)c2)CC1. The lowest BCUT2D eigenvalue weighted by molar-refractivity contribution is -0.110. The van der Waals surface area contributed by atoms with Gasteiger partial charge in [-0.05, 0) is 67.2 Å². The first kappa shape index (κ1) is 18.4. The molecule has 1 fully saturated rings. The Kier molecular flexibility index (Phi) is 6.13. The average Bonchev–Trinajstić information content (AvgIpc) is 2.64. The van der Waals surface area contributed by atoms with Crippen molar-refractivity contribution in [2.24, 2.45) is 5.73 Å². The lowest BCUT2D eigenvalue weighted by Crippen LogP contribution is -2.45. The lowest BCUT2D eigenvalue weighted by atomic mass is 9.87. The van der Waals surface area contributed by atoms with Crippen LogP contribution in [0.1, 0.15) is 35.9 Å². The van der Waals surface area contributed by atoms with Crippen LogP contribution in [-0.4, -0.2) is 30.3 Å². The van der Waals surface area contributed by atoms with Crippen molar-refractivity contribution in [2.45, 2.75) is 30.8 Å². The molecule has 2 aromatic carbocycles. The van der Waals surface area contributed by atoms with Gasteiger partial charge in [-0.15, -0.1) is 0 Å². The third-order valence-corrected chi connectivity index (χ3v) is 5.46. The zero-order valence-corrected chi connectivity index (χ0v) is 15.5. The van der Waals surface area contributed by atoms with E-state index in [9.17, 15) is 4.79 Å². The molecule has 0 saturated carbocycles. The van der Waals surface area contributed by atoms with E-state index in [-0.39, 0.29) is 6.04 Å². The fourth-order valence-corrected chi connectivity index (χ4v) is 4.01. The third-order valence-electron chi connectivity index (χ3n) is 4.98. The maximum absolute atomic E-state index is 11.4. The summed E-state index contributed by atoms with van der Waals surface area (Å²) in [6, 6.07) is 15.0. The van der Waals surface area contributed by atoms with Gasteiger partial charge in [-0.2, -0.15) is 0 Å². The van der Waals surface area contributed by atoms with Crippen LogP contribution in [0.4, 0.5) is 0 Å². The molecule has 0 aliphatic carbocycles. The number of hydrogen-bond donors (Lipinski definition) is 1. The standard InChI is InChI=1S/C20H22Cl2N2O/c21-17-6-4-15(5-7-17)20(19(23)13-25)24-10-8-14(9-11-24)16-2-1-3-18(22)12-16/h1-7,12-14,19-20H,8-11,23H2. The zero-order valence-electron chi connectivity index (χ0n) is 13.9. The largest absolute Gasteiger partial charge is 0.320 e. The number of benzene rings is 2. The van der Waals surface area contributed by atoms with Crippen LogP contribution in [0.25, 0.3) is 0 Å². The quantitative estimate of drug-likeness (QED) is 0.784. The average molecular weight is 377 g/mol. The Labute approximate surface area is 158 Å². The highest BCUT2D eigenvalue weighted by Gasteiger charge is 2.30. The minimum absolute atomic E-state index is 0.116. The molecule has 2 atom stereocenters. The van der Waals surface area contributed by atoms with Crippen LogP contribution >= 0.6 is 23.2 Å². The Morgan fingerprint density at radius 1 is 1.04 bits per heavy atom. The molecule has 1 aliphatic heterocycles. The van der Waals surface area contributed by atoms with Crippen molar-refractivity contribution in [1.29, 1.82) is 0 Å². The van der Waals surface area contributed by atoms with Crippen molar-refractivity contribution < 1.29 is 4.79 Å². The second-order valence-electron chi connectivity index (χ2n) is 6.58. The Morgan fingerprint density at radius 2 is 1.72 bits per heavy atom. The van der Waals surface area contributed by atoms with E-state index in [1.165, 1.54) is 5.56 Å². The van der Waals surface area contributed by atoms with E-state index in [4.69, 9.17) is 28.9 Å². The van der Waals surface area contributed by atoms with Crippen LogP contribution < -0.4 is 5.73 Å². The van der Waals surface area contributed by atoms with Crippen LogP contribution in [0, 0.1) is 0 Å². The number of carbonyl (C=O) groups excluding carboxylic acids is 1. The number of piperidine rings is 1. The van der Waals surface area contributed by atoms with Gasteiger partial charge in [0.05, 0.1) is 12.1 Å². The van der Waals surface area contributed by atoms with E-state index < -0.39 is 6.04 Å². The maximum atomic E-state index is 11.4. The Hall–Kier alpha value is -1.39. The smallest absolute Gasteiger partial charge is 0.138 e. The summed E-state index contributed by atoms with van der Waals surface area (Å²) in [5.74, 6) is 0.494. The van der Waals surface area contributed by atoms with Gasteiger partial charge in [-0.3, -0.25) is 4.90 Å². The normalized spacial score (nSPS) is 18.7. The molecule has 0 radical (unpaired) electrons. The van der Waals surface area contributed by atoms with Crippen molar-refractivity contribution >= 4 is 29.5 Å². The molecule has 5 heteroatoms. The van der Waals surface area contributed by atoms with Gasteiger partial charge in [0.1, 0.15) is 6.29 Å². The van der Waals surface area contributed by atoms with Crippen LogP contribution in [0.15, 0.2) is 48.5 Å². The first-order valence-electron chi connectivity index (χ1n) is 8.54. The Balaban J connectivity index is 1.74. The lowest BCUT2D eigenvalue weighted by Gasteiger charge is -2.39. The van der Waals surface area contributed by atoms with Crippen molar-refractivity contribution in [2.75, 3.05) is 13.1 Å². The van der Waals surface area contributed by atoms with Gasteiger partial charge < -0.3 is 10.5 Å². The number of aldehydes is 1. The Morgan fingerprint density at radius 3 is 2.32 bits per heavy atom. The molecule has 132 valence electrons. The summed E-state index contributed by atoms with van der Waals surface area (Å²) in [7, 11) is 0. The minimum atomic E-state index is -0.552. The molecule has 1 heterocycles. The van der Waals surface area contributed by atoms with Gasteiger partial charge in [-0.25, -0.2) is 0 Å². The molecule has 0 aromatic heterocycles. The van der Waals surface area contributed by atoms with Gasteiger partial charge in [-0.1, -0.05) is 47.5 Å². The molecule has 0 spiro atoms. The first-order valence-corrected chi connectivity index (χ1v) is 9.30. The fraction of sp³-hybridized carbons (Fsp3) is 0.350. The number of hydrogen-bond acceptors (Lipinski definition) is 3. The van der Waals surface area contributed by atoms with Crippen LogP contribution in [0.5, 0.6) is 0 Å². The van der Waals surface area contributed by atoms with Crippen LogP contribution in [0.3, 0.4) is 0 Å². The van der Waals surface area contributed by atoms with E-state index in [2.05, 4.69) is 17.0 Å². The van der Waals surface area contributed by atoms with E-state index in [0.29, 0.717) is 10.9 Å². The molecule has 25 heavy (non-hydrogen) atoms. The van der Waals surface area contributed by atoms with E-state index in [1.54, 1.807) is 0 Å². The molecule has 3 nitrogen and oxygen atoms in total. The van der Waals surface area contributed by atoms with Crippen LogP contribution in [-0.2, 0) is 4.79 Å². The monoisotopic (exact) mass is 376 g/mol. The molecule has 1 saturated heterocycles. The fourth-order valence-electron chi connectivity index (χ4n) is 3.68. The summed E-state index contributed by atoms with van der Waals surface area (Å²) in [5, 5.41) is 1.46. The highest BCUT2D eigenvalue weighted by atomic mass is 35.5. The molecular formula is C20H22Cl2N2O. The highest BCUT2D eigenvalue weighted by Crippen LogP contribution is 2.34. The predicted molar refractivity (Wildman–Crippen MR) is 103 cm³/mol. The van der Waals surface area contributed by atoms with E-state index in [0.717, 1.165) is 42.8 Å². The van der Waals surface area contributed by atoms with Crippen molar-refractivity contribution in [1.82, 2.24) is 4.90 Å². The Bertz CT molecular complexity index is 712. The van der Waals surface area contributed by atoms with Crippen LogP contribution in [0.2, 0.25) is 10.0 Å². The number of nitrogens with zero attached hydrogens (tertiary/aromatic N) is 1. The number of nitrogens with two attached hydrogens (primary N) is 1. The molecule has 3 rings (SSSR count). The second kappa shape index (κ2) is 8.33. The molecular weight excluding hydrogens is 355 g/mol. The molecule has 0 amide bonds. The van der Waals surface area contributed by atoms with Crippen molar-refractivity contribution in [3.05, 3.63) is 69.7 Å². The first-order chi connectivity index (χ1) is 12.1. The summed E-state index contributed by atoms with van der Waals surface area (Å²) in [6.45, 7) is 1.79. The molecule has 0 bridgehead atoms. The van der Waals surface area contributed by atoms with Crippen molar-refractivity contribution in [3.8, 4) is 0 Å². The van der Waals surface area contributed by atoms with Crippen molar-refractivity contribution in [3.63, 3.8) is 0 Å². The van der Waals surface area contributed by atoms with E-state index >= 15 is 0 Å². The summed E-state index contributed by atoms with van der Waals surface area (Å²) in [6.07, 6.45) is 2.88. The van der Waals surface area contributed by atoms with Gasteiger partial charge in [0.25, 0.3) is 0 Å². The van der Waals surface area contributed by atoms with Gasteiger partial charge in [0, 0.05) is 10.0 Å².